The van der Waals surface area contributed by atoms with E-state index in [2.05, 4.69) is 59.1 Å². The van der Waals surface area contributed by atoms with Gasteiger partial charge in [-0.3, -0.25) is 0 Å². The zero-order valence-electron chi connectivity index (χ0n) is 17.9. The van der Waals surface area contributed by atoms with Crippen LogP contribution in [0, 0.1) is 11.8 Å². The van der Waals surface area contributed by atoms with E-state index in [9.17, 15) is 4.79 Å². The summed E-state index contributed by atoms with van der Waals surface area (Å²) in [6, 6.07) is 9.37. The minimum absolute atomic E-state index is 0.470. The maximum atomic E-state index is 11.2. The Kier molecular flexibility index (Phi) is 6.14. The van der Waals surface area contributed by atoms with Crippen molar-refractivity contribution >= 4 is 16.9 Å². The lowest BCUT2D eigenvalue weighted by atomic mass is 9.79. The third kappa shape index (κ3) is 4.45. The van der Waals surface area contributed by atoms with Crippen molar-refractivity contribution in [2.24, 2.45) is 17.6 Å². The van der Waals surface area contributed by atoms with Gasteiger partial charge in [-0.15, -0.1) is 0 Å². The zero-order valence-corrected chi connectivity index (χ0v) is 17.9. The number of primary amides is 1. The van der Waals surface area contributed by atoms with Crippen molar-refractivity contribution in [3.05, 3.63) is 36.0 Å². The first kappa shape index (κ1) is 20.3. The summed E-state index contributed by atoms with van der Waals surface area (Å²) in [5.41, 5.74) is 7.70. The summed E-state index contributed by atoms with van der Waals surface area (Å²) in [6.07, 6.45) is 10.2. The summed E-state index contributed by atoms with van der Waals surface area (Å²) in [6.45, 7) is 7.64. The Balaban J connectivity index is 1.41. The molecule has 1 aromatic carbocycles. The van der Waals surface area contributed by atoms with Gasteiger partial charge in [-0.1, -0.05) is 32.0 Å². The van der Waals surface area contributed by atoms with Crippen molar-refractivity contribution < 1.29 is 4.79 Å². The molecule has 2 fully saturated rings. The van der Waals surface area contributed by atoms with Gasteiger partial charge in [-0.25, -0.2) is 4.79 Å². The summed E-state index contributed by atoms with van der Waals surface area (Å²) < 4.78 is 2.44. The summed E-state index contributed by atoms with van der Waals surface area (Å²) in [5.74, 6) is 1.77. The Hall–Kier alpha value is -2.01. The highest BCUT2D eigenvalue weighted by Crippen LogP contribution is 2.35. The maximum Gasteiger partial charge on any atom is 0.312 e. The molecule has 0 spiro atoms. The number of likely N-dealkylation sites (tertiary alicyclic amines) is 1. The Morgan fingerprint density at radius 2 is 1.76 bits per heavy atom. The van der Waals surface area contributed by atoms with Crippen LogP contribution in [0.5, 0.6) is 0 Å². The van der Waals surface area contributed by atoms with Crippen LogP contribution in [0.2, 0.25) is 0 Å². The second kappa shape index (κ2) is 8.78. The lowest BCUT2D eigenvalue weighted by Crippen LogP contribution is -2.43. The molecule has 29 heavy (non-hydrogen) atoms. The van der Waals surface area contributed by atoms with E-state index >= 15 is 0 Å². The number of urea groups is 1. The summed E-state index contributed by atoms with van der Waals surface area (Å²) >= 11 is 0. The fourth-order valence-corrected chi connectivity index (χ4v) is 5.57. The molecule has 5 nitrogen and oxygen atoms in total. The lowest BCUT2D eigenvalue weighted by molar-refractivity contribution is 0.0894. The molecule has 1 aliphatic carbocycles. The average Bonchev–Trinajstić information content (AvgIpc) is 3.11. The molecule has 0 radical (unpaired) electrons. The van der Waals surface area contributed by atoms with Gasteiger partial charge < -0.3 is 20.5 Å². The fraction of sp³-hybridized carbons (Fsp3) is 0.625. The van der Waals surface area contributed by atoms with Gasteiger partial charge in [0.25, 0.3) is 0 Å². The quantitative estimate of drug-likeness (QED) is 0.772. The van der Waals surface area contributed by atoms with Gasteiger partial charge in [0.2, 0.25) is 0 Å². The number of nitrogens with one attached hydrogen (secondary N) is 1. The molecular weight excluding hydrogens is 360 g/mol. The Morgan fingerprint density at radius 1 is 1.07 bits per heavy atom. The molecule has 4 rings (SSSR count). The van der Waals surface area contributed by atoms with Crippen molar-refractivity contribution in [1.82, 2.24) is 14.8 Å². The normalized spacial score (nSPS) is 24.2. The van der Waals surface area contributed by atoms with E-state index in [1.165, 1.54) is 62.5 Å². The predicted octanol–water partition coefficient (Wildman–Crippen LogP) is 4.66. The van der Waals surface area contributed by atoms with Crippen LogP contribution in [-0.4, -0.2) is 34.6 Å². The maximum absolute atomic E-state index is 11.2. The van der Waals surface area contributed by atoms with Crippen molar-refractivity contribution in [1.29, 1.82) is 0 Å². The van der Waals surface area contributed by atoms with Crippen molar-refractivity contribution in [3.8, 4) is 0 Å². The number of hydrogen-bond acceptors (Lipinski definition) is 2. The largest absolute Gasteiger partial charge is 0.352 e. The molecule has 0 unspecified atom stereocenters. The SMILES string of the molecule is CC(C)C1CCC(N2CCC(n3cc(CNC(N)=O)c4ccccc43)CC2)CC1. The van der Waals surface area contributed by atoms with Gasteiger partial charge in [0.15, 0.2) is 0 Å². The van der Waals surface area contributed by atoms with Crippen LogP contribution >= 0.6 is 0 Å². The van der Waals surface area contributed by atoms with Crippen LogP contribution in [0.4, 0.5) is 4.79 Å². The number of fused-ring (bicyclic) bond motifs is 1. The molecule has 0 atom stereocenters. The average molecular weight is 397 g/mol. The van der Waals surface area contributed by atoms with Crippen LogP contribution in [0.3, 0.4) is 0 Å². The van der Waals surface area contributed by atoms with E-state index in [0.29, 0.717) is 12.6 Å². The summed E-state index contributed by atoms with van der Waals surface area (Å²) in [7, 11) is 0. The number of nitrogens with zero attached hydrogens (tertiary/aromatic N) is 2. The van der Waals surface area contributed by atoms with Gasteiger partial charge >= 0.3 is 6.03 Å². The van der Waals surface area contributed by atoms with E-state index < -0.39 is 6.03 Å². The minimum atomic E-state index is -0.470. The van der Waals surface area contributed by atoms with Gasteiger partial charge in [-0.2, -0.15) is 0 Å². The molecule has 0 bridgehead atoms. The first-order chi connectivity index (χ1) is 14.0. The number of aromatic nitrogens is 1. The number of rotatable bonds is 5. The molecule has 1 aliphatic heterocycles. The number of carbonyl (C=O) groups excluding carboxylic acids is 1. The smallest absolute Gasteiger partial charge is 0.312 e. The van der Waals surface area contributed by atoms with Gasteiger partial charge in [0.1, 0.15) is 0 Å². The molecule has 2 aromatic rings. The molecule has 1 saturated heterocycles. The van der Waals surface area contributed by atoms with Crippen LogP contribution in [0.25, 0.3) is 10.9 Å². The van der Waals surface area contributed by atoms with Crippen LogP contribution in [0.1, 0.15) is 64.0 Å². The van der Waals surface area contributed by atoms with E-state index in [1.807, 2.05) is 0 Å². The minimum Gasteiger partial charge on any atom is -0.352 e. The molecule has 2 aliphatic rings. The highest BCUT2D eigenvalue weighted by atomic mass is 16.2. The number of benzene rings is 1. The van der Waals surface area contributed by atoms with Gasteiger partial charge in [0, 0.05) is 48.8 Å². The summed E-state index contributed by atoms with van der Waals surface area (Å²) in [4.78, 5) is 13.9. The van der Waals surface area contributed by atoms with E-state index in [4.69, 9.17) is 5.73 Å². The molecule has 3 N–H and O–H groups in total. The Bertz CT molecular complexity index is 827. The standard InChI is InChI=1S/C24H36N4O/c1-17(2)18-7-9-20(10-8-18)27-13-11-21(12-14-27)28-16-19(15-26-24(25)29)22-5-3-4-6-23(22)28/h3-6,16-18,20-21H,7-15H2,1-2H3,(H3,25,26,29). The van der Waals surface area contributed by atoms with Gasteiger partial charge in [0.05, 0.1) is 0 Å². The van der Waals surface area contributed by atoms with Crippen LogP contribution < -0.4 is 11.1 Å². The second-order valence-corrected chi connectivity index (χ2v) is 9.38. The Morgan fingerprint density at radius 3 is 2.41 bits per heavy atom. The highest BCUT2D eigenvalue weighted by molar-refractivity contribution is 5.84. The lowest BCUT2D eigenvalue weighted by Gasteiger charge is -2.42. The van der Waals surface area contributed by atoms with E-state index in [1.54, 1.807) is 0 Å². The number of hydrogen-bond donors (Lipinski definition) is 2. The monoisotopic (exact) mass is 396 g/mol. The molecule has 2 amide bonds. The van der Waals surface area contributed by atoms with Gasteiger partial charge in [-0.05, 0) is 62.0 Å². The number of para-hydroxylation sites is 1. The molecular formula is C24H36N4O. The molecule has 1 aromatic heterocycles. The second-order valence-electron chi connectivity index (χ2n) is 9.38. The van der Waals surface area contributed by atoms with Crippen LogP contribution in [0.15, 0.2) is 30.5 Å². The van der Waals surface area contributed by atoms with Crippen molar-refractivity contribution in [2.45, 2.75) is 71.0 Å². The van der Waals surface area contributed by atoms with E-state index in [-0.39, 0.29) is 0 Å². The molecule has 1 saturated carbocycles. The predicted molar refractivity (Wildman–Crippen MR) is 119 cm³/mol. The first-order valence-corrected chi connectivity index (χ1v) is 11.4. The third-order valence-corrected chi connectivity index (χ3v) is 7.37. The summed E-state index contributed by atoms with van der Waals surface area (Å²) in [5, 5.41) is 3.97. The first-order valence-electron chi connectivity index (χ1n) is 11.4. The van der Waals surface area contributed by atoms with Crippen LogP contribution in [-0.2, 0) is 6.54 Å². The number of amides is 2. The molecule has 158 valence electrons. The number of nitrogens with two attached hydrogens (primary N) is 1. The van der Waals surface area contributed by atoms with E-state index in [0.717, 1.165) is 23.4 Å². The third-order valence-electron chi connectivity index (χ3n) is 7.37. The number of carbonyl (C=O) groups is 1. The zero-order chi connectivity index (χ0) is 20.4. The Labute approximate surface area is 174 Å². The number of piperidine rings is 1. The molecule has 5 heteroatoms. The topological polar surface area (TPSA) is 63.3 Å². The van der Waals surface area contributed by atoms with Crippen molar-refractivity contribution in [3.63, 3.8) is 0 Å². The molecule has 2 heterocycles. The fourth-order valence-electron chi connectivity index (χ4n) is 5.57. The van der Waals surface area contributed by atoms with Crippen molar-refractivity contribution in [2.75, 3.05) is 13.1 Å². The highest BCUT2D eigenvalue weighted by Gasteiger charge is 2.30.